The molecule has 9 heteroatoms. The predicted octanol–water partition coefficient (Wildman–Crippen LogP) is 3.61. The largest absolute Gasteiger partial charge is 0.492 e. The molecule has 3 rings (SSSR count). The summed E-state index contributed by atoms with van der Waals surface area (Å²) in [6, 6.07) is 11.9. The van der Waals surface area contributed by atoms with Crippen molar-refractivity contribution in [3.8, 4) is 18.1 Å². The highest BCUT2D eigenvalue weighted by molar-refractivity contribution is 7.99. The zero-order valence-corrected chi connectivity index (χ0v) is 16.5. The molecule has 8 nitrogen and oxygen atoms in total. The van der Waals surface area contributed by atoms with Crippen LogP contribution >= 0.6 is 11.8 Å². The Labute approximate surface area is 172 Å². The molecule has 0 saturated heterocycles. The molecule has 0 aliphatic carbocycles. The molecule has 29 heavy (non-hydrogen) atoms. The van der Waals surface area contributed by atoms with Crippen LogP contribution in [0.1, 0.15) is 0 Å². The van der Waals surface area contributed by atoms with Crippen LogP contribution in [0, 0.1) is 22.5 Å². The van der Waals surface area contributed by atoms with E-state index in [1.807, 2.05) is 31.3 Å². The molecule has 148 valence electrons. The van der Waals surface area contributed by atoms with Crippen molar-refractivity contribution < 1.29 is 9.66 Å². The van der Waals surface area contributed by atoms with E-state index in [0.29, 0.717) is 34.2 Å². The van der Waals surface area contributed by atoms with Gasteiger partial charge in [-0.05, 0) is 37.4 Å². The van der Waals surface area contributed by atoms with Crippen LogP contribution in [0.25, 0.3) is 10.9 Å². The SMILES string of the molecule is C#CCSc1nc(Nc2ccc(OCCNC)cc2)c2cc([N+](=O)[O-])ccc2n1. The van der Waals surface area contributed by atoms with E-state index in [2.05, 4.69) is 26.5 Å². The van der Waals surface area contributed by atoms with Crippen LogP contribution in [-0.4, -0.2) is 40.8 Å². The Kier molecular flexibility index (Phi) is 6.84. The number of likely N-dealkylation sites (N-methyl/N-ethyl adjacent to an activating group) is 1. The number of hydrogen-bond acceptors (Lipinski definition) is 8. The maximum Gasteiger partial charge on any atom is 0.270 e. The summed E-state index contributed by atoms with van der Waals surface area (Å²) in [6.07, 6.45) is 5.33. The van der Waals surface area contributed by atoms with Crippen molar-refractivity contribution in [2.24, 2.45) is 0 Å². The number of rotatable bonds is 9. The predicted molar refractivity (Wildman–Crippen MR) is 115 cm³/mol. The summed E-state index contributed by atoms with van der Waals surface area (Å²) in [4.78, 5) is 19.7. The van der Waals surface area contributed by atoms with Crippen molar-refractivity contribution in [1.29, 1.82) is 0 Å². The monoisotopic (exact) mass is 409 g/mol. The summed E-state index contributed by atoms with van der Waals surface area (Å²) in [5.41, 5.74) is 1.34. The van der Waals surface area contributed by atoms with Crippen molar-refractivity contribution >= 4 is 39.9 Å². The molecule has 1 heterocycles. The van der Waals surface area contributed by atoms with Crippen molar-refractivity contribution in [3.05, 3.63) is 52.6 Å². The third kappa shape index (κ3) is 5.34. The molecule has 0 aliphatic rings. The molecule has 0 aliphatic heterocycles. The van der Waals surface area contributed by atoms with Crippen LogP contribution in [0.2, 0.25) is 0 Å². The molecule has 3 aromatic rings. The maximum atomic E-state index is 11.2. The zero-order chi connectivity index (χ0) is 20.6. The molecule has 0 unspecified atom stereocenters. The van der Waals surface area contributed by atoms with Crippen LogP contribution in [0.15, 0.2) is 47.6 Å². The van der Waals surface area contributed by atoms with Gasteiger partial charge in [-0.25, -0.2) is 9.97 Å². The lowest BCUT2D eigenvalue weighted by molar-refractivity contribution is -0.384. The second-order valence-electron chi connectivity index (χ2n) is 5.91. The van der Waals surface area contributed by atoms with Gasteiger partial charge in [0.05, 0.1) is 16.2 Å². The quantitative estimate of drug-likeness (QED) is 0.138. The number of ether oxygens (including phenoxy) is 1. The van der Waals surface area contributed by atoms with Gasteiger partial charge in [-0.2, -0.15) is 0 Å². The van der Waals surface area contributed by atoms with Gasteiger partial charge in [-0.1, -0.05) is 17.7 Å². The van der Waals surface area contributed by atoms with E-state index in [9.17, 15) is 10.1 Å². The second-order valence-corrected chi connectivity index (χ2v) is 6.85. The summed E-state index contributed by atoms with van der Waals surface area (Å²) in [5, 5.41) is 18.5. The minimum absolute atomic E-state index is 0.0264. The van der Waals surface area contributed by atoms with Gasteiger partial charge in [0.25, 0.3) is 5.69 Å². The van der Waals surface area contributed by atoms with Gasteiger partial charge >= 0.3 is 0 Å². The van der Waals surface area contributed by atoms with E-state index < -0.39 is 4.92 Å². The first-order valence-corrected chi connectivity index (χ1v) is 9.76. The molecule has 1 aromatic heterocycles. The van der Waals surface area contributed by atoms with Crippen LogP contribution in [0.4, 0.5) is 17.2 Å². The molecule has 0 fully saturated rings. The van der Waals surface area contributed by atoms with Gasteiger partial charge in [0.15, 0.2) is 5.16 Å². The maximum absolute atomic E-state index is 11.2. The highest BCUT2D eigenvalue weighted by atomic mass is 32.2. The molecule has 0 bridgehead atoms. The summed E-state index contributed by atoms with van der Waals surface area (Å²) in [5.74, 6) is 4.19. The summed E-state index contributed by atoms with van der Waals surface area (Å²) in [7, 11) is 1.86. The molecular formula is C20H19N5O3S. The number of thioether (sulfide) groups is 1. The smallest absolute Gasteiger partial charge is 0.270 e. The third-order valence-corrected chi connectivity index (χ3v) is 4.64. The first-order valence-electron chi connectivity index (χ1n) is 8.77. The van der Waals surface area contributed by atoms with Gasteiger partial charge in [-0.3, -0.25) is 10.1 Å². The number of nitrogens with one attached hydrogen (secondary N) is 2. The van der Waals surface area contributed by atoms with E-state index in [1.54, 1.807) is 6.07 Å². The second kappa shape index (κ2) is 9.73. The highest BCUT2D eigenvalue weighted by Gasteiger charge is 2.13. The summed E-state index contributed by atoms with van der Waals surface area (Å²) >= 11 is 1.33. The number of anilines is 2. The lowest BCUT2D eigenvalue weighted by atomic mass is 10.2. The number of aromatic nitrogens is 2. The van der Waals surface area contributed by atoms with Crippen LogP contribution in [-0.2, 0) is 0 Å². The van der Waals surface area contributed by atoms with E-state index in [0.717, 1.165) is 18.0 Å². The van der Waals surface area contributed by atoms with E-state index >= 15 is 0 Å². The number of non-ortho nitro benzene ring substituents is 1. The molecule has 2 N–H and O–H groups in total. The van der Waals surface area contributed by atoms with Gasteiger partial charge in [0.1, 0.15) is 18.2 Å². The van der Waals surface area contributed by atoms with Crippen molar-refractivity contribution in [2.75, 3.05) is 31.3 Å². The molecule has 0 amide bonds. The number of nitrogens with zero attached hydrogens (tertiary/aromatic N) is 3. The fourth-order valence-electron chi connectivity index (χ4n) is 2.52. The van der Waals surface area contributed by atoms with E-state index in [1.165, 1.54) is 23.9 Å². The first kappa shape index (κ1) is 20.4. The van der Waals surface area contributed by atoms with Crippen molar-refractivity contribution in [2.45, 2.75) is 5.16 Å². The van der Waals surface area contributed by atoms with Gasteiger partial charge in [0, 0.05) is 29.8 Å². The average Bonchev–Trinajstić information content (AvgIpc) is 2.73. The van der Waals surface area contributed by atoms with Crippen LogP contribution in [0.3, 0.4) is 0 Å². The molecule has 0 radical (unpaired) electrons. The van der Waals surface area contributed by atoms with E-state index in [4.69, 9.17) is 11.2 Å². The summed E-state index contributed by atoms with van der Waals surface area (Å²) in [6.45, 7) is 1.32. The number of terminal acetylenes is 1. The fourth-order valence-corrected chi connectivity index (χ4v) is 3.05. The Morgan fingerprint density at radius 1 is 1.24 bits per heavy atom. The first-order chi connectivity index (χ1) is 14.1. The van der Waals surface area contributed by atoms with E-state index in [-0.39, 0.29) is 5.69 Å². The Hall–Kier alpha value is -3.35. The highest BCUT2D eigenvalue weighted by Crippen LogP contribution is 2.30. The Balaban J connectivity index is 1.92. The minimum Gasteiger partial charge on any atom is -0.492 e. The Morgan fingerprint density at radius 3 is 2.72 bits per heavy atom. The standard InChI is InChI=1S/C20H19N5O3S/c1-3-12-29-20-23-18-9-6-15(25(26)27)13-17(18)19(24-20)22-14-4-7-16(8-5-14)28-11-10-21-2/h1,4-9,13,21H,10-12H2,2H3,(H,22,23,24). The van der Waals surface area contributed by atoms with Crippen molar-refractivity contribution in [1.82, 2.24) is 15.3 Å². The van der Waals surface area contributed by atoms with Gasteiger partial charge in [0.2, 0.25) is 0 Å². The van der Waals surface area contributed by atoms with Crippen molar-refractivity contribution in [3.63, 3.8) is 0 Å². The molecule has 0 spiro atoms. The van der Waals surface area contributed by atoms with Crippen LogP contribution in [0.5, 0.6) is 5.75 Å². The topological polar surface area (TPSA) is 102 Å². The van der Waals surface area contributed by atoms with Gasteiger partial charge in [-0.15, -0.1) is 6.42 Å². The third-order valence-electron chi connectivity index (χ3n) is 3.89. The number of nitro groups is 1. The fraction of sp³-hybridized carbons (Fsp3) is 0.200. The molecular weight excluding hydrogens is 390 g/mol. The molecule has 0 atom stereocenters. The van der Waals surface area contributed by atoms with Crippen LogP contribution < -0.4 is 15.4 Å². The minimum atomic E-state index is -0.443. The number of nitro benzene ring substituents is 1. The Morgan fingerprint density at radius 2 is 2.03 bits per heavy atom. The normalized spacial score (nSPS) is 10.5. The molecule has 2 aromatic carbocycles. The lowest BCUT2D eigenvalue weighted by Crippen LogP contribution is -2.15. The number of benzene rings is 2. The number of hydrogen-bond donors (Lipinski definition) is 2. The Bertz CT molecular complexity index is 1050. The summed E-state index contributed by atoms with van der Waals surface area (Å²) < 4.78 is 5.61. The zero-order valence-electron chi connectivity index (χ0n) is 15.7. The van der Waals surface area contributed by atoms with Gasteiger partial charge < -0.3 is 15.4 Å². The number of fused-ring (bicyclic) bond motifs is 1. The molecule has 0 saturated carbocycles. The average molecular weight is 409 g/mol. The lowest BCUT2D eigenvalue weighted by Gasteiger charge is -2.11.